The Morgan fingerprint density at radius 2 is 1.70 bits per heavy atom. The van der Waals surface area contributed by atoms with Gasteiger partial charge in [0.2, 0.25) is 5.92 Å². The summed E-state index contributed by atoms with van der Waals surface area (Å²) in [5.41, 5.74) is 1.36. The van der Waals surface area contributed by atoms with E-state index in [2.05, 4.69) is 10.2 Å². The van der Waals surface area contributed by atoms with E-state index in [-0.39, 0.29) is 24.5 Å². The molecular weight excluding hydrogens is 476 g/mol. The molecular formula is C29H35F2N3O3. The Morgan fingerprint density at radius 1 is 1.05 bits per heavy atom. The third kappa shape index (κ3) is 5.27. The first kappa shape index (κ1) is 25.8. The molecule has 1 aliphatic carbocycles. The fourth-order valence-electron chi connectivity index (χ4n) is 5.86. The highest BCUT2D eigenvalue weighted by atomic mass is 19.3. The van der Waals surface area contributed by atoms with E-state index in [1.807, 2.05) is 37.3 Å². The molecule has 0 bridgehead atoms. The lowest BCUT2D eigenvalue weighted by molar-refractivity contribution is -0.152. The smallest absolute Gasteiger partial charge is 0.258 e. The van der Waals surface area contributed by atoms with Gasteiger partial charge < -0.3 is 15.3 Å². The van der Waals surface area contributed by atoms with Gasteiger partial charge in [-0.2, -0.15) is 0 Å². The SMILES string of the molecule is Cc1cc(NC2CN(C3CCN(C(=O)[C@](C)(O)c4ccccc4)CC3)C2)ccc1C(=O)C1CC(F)(F)C1. The number of carbonyl (C=O) groups excluding carboxylic acids is 2. The number of hydrogen-bond donors (Lipinski definition) is 2. The van der Waals surface area contributed by atoms with E-state index in [0.29, 0.717) is 36.3 Å². The number of ketones is 1. The van der Waals surface area contributed by atoms with Crippen molar-refractivity contribution in [1.82, 2.24) is 9.80 Å². The summed E-state index contributed by atoms with van der Waals surface area (Å²) in [6, 6.07) is 15.3. The number of Topliss-reactive ketones (excluding diaryl/α,β-unsaturated/α-hetero) is 1. The maximum atomic E-state index is 13.2. The third-order valence-electron chi connectivity index (χ3n) is 8.25. The second-order valence-electron chi connectivity index (χ2n) is 11.1. The van der Waals surface area contributed by atoms with Crippen LogP contribution in [0.2, 0.25) is 0 Å². The molecule has 8 heteroatoms. The number of aliphatic hydroxyl groups is 1. The highest BCUT2D eigenvalue weighted by Crippen LogP contribution is 2.44. The molecule has 37 heavy (non-hydrogen) atoms. The predicted octanol–water partition coefficient (Wildman–Crippen LogP) is 4.22. The first-order valence-corrected chi connectivity index (χ1v) is 13.1. The van der Waals surface area contributed by atoms with Crippen molar-refractivity contribution < 1.29 is 23.5 Å². The molecule has 1 amide bonds. The Labute approximate surface area is 216 Å². The number of likely N-dealkylation sites (tertiary alicyclic amines) is 2. The van der Waals surface area contributed by atoms with Gasteiger partial charge in [-0.25, -0.2) is 8.78 Å². The monoisotopic (exact) mass is 511 g/mol. The highest BCUT2D eigenvalue weighted by molar-refractivity contribution is 6.00. The van der Waals surface area contributed by atoms with E-state index in [4.69, 9.17) is 0 Å². The van der Waals surface area contributed by atoms with E-state index in [0.717, 1.165) is 37.2 Å². The normalized spacial score (nSPS) is 22.6. The maximum Gasteiger partial charge on any atom is 0.258 e. The lowest BCUT2D eigenvalue weighted by Crippen LogP contribution is -2.61. The molecule has 2 saturated heterocycles. The van der Waals surface area contributed by atoms with Crippen LogP contribution >= 0.6 is 0 Å². The van der Waals surface area contributed by atoms with Crippen molar-refractivity contribution in [2.75, 3.05) is 31.5 Å². The number of hydrogen-bond acceptors (Lipinski definition) is 5. The number of aryl methyl sites for hydroxylation is 1. The zero-order chi connectivity index (χ0) is 26.4. The van der Waals surface area contributed by atoms with Crippen molar-refractivity contribution in [2.45, 2.75) is 63.1 Å². The highest BCUT2D eigenvalue weighted by Gasteiger charge is 2.49. The summed E-state index contributed by atoms with van der Waals surface area (Å²) < 4.78 is 26.3. The summed E-state index contributed by atoms with van der Waals surface area (Å²) in [7, 11) is 0. The molecule has 3 aliphatic rings. The van der Waals surface area contributed by atoms with Gasteiger partial charge >= 0.3 is 0 Å². The molecule has 2 N–H and O–H groups in total. The average molecular weight is 512 g/mol. The number of amides is 1. The molecule has 0 spiro atoms. The molecule has 2 aliphatic heterocycles. The van der Waals surface area contributed by atoms with Gasteiger partial charge in [0, 0.05) is 62.2 Å². The molecule has 1 atom stereocenters. The molecule has 3 fully saturated rings. The number of piperidine rings is 1. The van der Waals surface area contributed by atoms with Crippen molar-refractivity contribution >= 4 is 17.4 Å². The van der Waals surface area contributed by atoms with Crippen LogP contribution in [-0.4, -0.2) is 70.8 Å². The lowest BCUT2D eigenvalue weighted by Gasteiger charge is -2.48. The van der Waals surface area contributed by atoms with Gasteiger partial charge in [0.25, 0.3) is 5.91 Å². The van der Waals surface area contributed by atoms with Crippen LogP contribution < -0.4 is 5.32 Å². The van der Waals surface area contributed by atoms with E-state index < -0.39 is 17.4 Å². The summed E-state index contributed by atoms with van der Waals surface area (Å²) in [4.78, 5) is 29.8. The molecule has 6 nitrogen and oxygen atoms in total. The molecule has 2 aromatic carbocycles. The first-order valence-electron chi connectivity index (χ1n) is 13.1. The summed E-state index contributed by atoms with van der Waals surface area (Å²) in [5, 5.41) is 14.4. The Kier molecular flexibility index (Phi) is 6.83. The van der Waals surface area contributed by atoms with Gasteiger partial charge in [-0.1, -0.05) is 30.3 Å². The van der Waals surface area contributed by atoms with Crippen LogP contribution in [0.1, 0.15) is 54.1 Å². The van der Waals surface area contributed by atoms with Crippen LogP contribution in [0, 0.1) is 12.8 Å². The molecule has 5 rings (SSSR count). The fraction of sp³-hybridized carbons (Fsp3) is 0.517. The largest absolute Gasteiger partial charge is 0.380 e. The minimum atomic E-state index is -2.69. The van der Waals surface area contributed by atoms with E-state index >= 15 is 0 Å². The van der Waals surface area contributed by atoms with E-state index in [9.17, 15) is 23.5 Å². The third-order valence-corrected chi connectivity index (χ3v) is 8.25. The number of anilines is 1. The topological polar surface area (TPSA) is 72.9 Å². The molecule has 2 heterocycles. The number of carbonyl (C=O) groups is 2. The molecule has 0 radical (unpaired) electrons. The number of rotatable bonds is 7. The standard InChI is InChI=1S/C29H35F2N3O3/c1-19-14-22(8-9-25(19)26(35)20-15-29(30,31)16-20)32-23-17-34(18-23)24-10-12-33(13-11-24)27(36)28(2,37)21-6-4-3-5-7-21/h3-9,14,20,23-24,32,37H,10-13,15-18H2,1-2H3/t28-/m1/s1. The zero-order valence-corrected chi connectivity index (χ0v) is 21.4. The number of alkyl halides is 2. The van der Waals surface area contributed by atoms with Crippen LogP contribution in [0.4, 0.5) is 14.5 Å². The average Bonchev–Trinajstić information content (AvgIpc) is 2.84. The molecule has 0 unspecified atom stereocenters. The summed E-state index contributed by atoms with van der Waals surface area (Å²) in [6.45, 7) is 6.48. The Hall–Kier alpha value is -2.84. The molecule has 2 aromatic rings. The fourth-order valence-corrected chi connectivity index (χ4v) is 5.86. The minimum Gasteiger partial charge on any atom is -0.380 e. The van der Waals surface area contributed by atoms with Crippen LogP contribution in [0.25, 0.3) is 0 Å². The Bertz CT molecular complexity index is 1150. The van der Waals surface area contributed by atoms with Gasteiger partial charge in [-0.05, 0) is 56.0 Å². The summed E-state index contributed by atoms with van der Waals surface area (Å²) >= 11 is 0. The minimum absolute atomic E-state index is 0.181. The van der Waals surface area contributed by atoms with Crippen molar-refractivity contribution in [3.63, 3.8) is 0 Å². The van der Waals surface area contributed by atoms with Crippen LogP contribution in [0.15, 0.2) is 48.5 Å². The van der Waals surface area contributed by atoms with Crippen molar-refractivity contribution in [3.05, 3.63) is 65.2 Å². The summed E-state index contributed by atoms with van der Waals surface area (Å²) in [6.07, 6.45) is 1.06. The van der Waals surface area contributed by atoms with Crippen molar-refractivity contribution in [3.8, 4) is 0 Å². The second kappa shape index (κ2) is 9.80. The van der Waals surface area contributed by atoms with Crippen LogP contribution in [0.3, 0.4) is 0 Å². The Balaban J connectivity index is 1.08. The first-order chi connectivity index (χ1) is 17.5. The van der Waals surface area contributed by atoms with Crippen LogP contribution in [-0.2, 0) is 10.4 Å². The predicted molar refractivity (Wildman–Crippen MR) is 138 cm³/mol. The van der Waals surface area contributed by atoms with Gasteiger partial charge in [-0.3, -0.25) is 14.5 Å². The number of benzene rings is 2. The maximum absolute atomic E-state index is 13.2. The van der Waals surface area contributed by atoms with Crippen molar-refractivity contribution in [2.24, 2.45) is 5.92 Å². The van der Waals surface area contributed by atoms with Gasteiger partial charge in [0.1, 0.15) is 0 Å². The van der Waals surface area contributed by atoms with Crippen molar-refractivity contribution in [1.29, 1.82) is 0 Å². The number of nitrogens with one attached hydrogen (secondary N) is 1. The van der Waals surface area contributed by atoms with E-state index in [1.54, 1.807) is 30.0 Å². The zero-order valence-electron chi connectivity index (χ0n) is 21.4. The van der Waals surface area contributed by atoms with Crippen LogP contribution in [0.5, 0.6) is 0 Å². The molecule has 198 valence electrons. The lowest BCUT2D eigenvalue weighted by atomic mass is 9.76. The number of halogens is 2. The van der Waals surface area contributed by atoms with E-state index in [1.165, 1.54) is 0 Å². The quantitative estimate of drug-likeness (QED) is 0.545. The summed E-state index contributed by atoms with van der Waals surface area (Å²) in [5.74, 6) is -3.69. The molecule has 0 aromatic heterocycles. The Morgan fingerprint density at radius 3 is 2.30 bits per heavy atom. The van der Waals surface area contributed by atoms with Gasteiger partial charge in [0.15, 0.2) is 11.4 Å². The number of nitrogens with zero attached hydrogens (tertiary/aromatic N) is 2. The van der Waals surface area contributed by atoms with Gasteiger partial charge in [-0.15, -0.1) is 0 Å². The molecule has 1 saturated carbocycles. The second-order valence-corrected chi connectivity index (χ2v) is 11.1. The van der Waals surface area contributed by atoms with Gasteiger partial charge in [0.05, 0.1) is 6.04 Å².